The summed E-state index contributed by atoms with van der Waals surface area (Å²) in [6.07, 6.45) is 0.927. The van der Waals surface area contributed by atoms with Crippen LogP contribution < -0.4 is 10.6 Å². The summed E-state index contributed by atoms with van der Waals surface area (Å²) < 4.78 is 4.92. The van der Waals surface area contributed by atoms with Crippen molar-refractivity contribution in [3.8, 4) is 0 Å². The Balaban J connectivity index is 0.00000137. The van der Waals surface area contributed by atoms with Crippen molar-refractivity contribution in [2.45, 2.75) is 32.1 Å². The molecular formula is C13H22N2O2S. The molecule has 0 atom stereocenters. The first kappa shape index (κ1) is 16.8. The minimum Gasteiger partial charge on any atom is -0.338 e. The van der Waals surface area contributed by atoms with Crippen molar-refractivity contribution in [2.24, 2.45) is 0 Å². The highest BCUT2D eigenvalue weighted by atomic mass is 32.2. The predicted octanol–water partition coefficient (Wildman–Crippen LogP) is 3.90. The summed E-state index contributed by atoms with van der Waals surface area (Å²) in [5.41, 5.74) is 0.772. The molecule has 0 saturated carbocycles. The van der Waals surface area contributed by atoms with Crippen LogP contribution in [-0.4, -0.2) is 19.7 Å². The Labute approximate surface area is 114 Å². The topological polar surface area (TPSA) is 50.4 Å². The molecule has 0 unspecified atom stereocenters. The Morgan fingerprint density at radius 3 is 2.39 bits per heavy atom. The highest BCUT2D eigenvalue weighted by Crippen LogP contribution is 2.19. The van der Waals surface area contributed by atoms with Crippen LogP contribution in [0.4, 0.5) is 10.5 Å². The molecule has 0 aromatic heterocycles. The fraction of sp³-hybridized carbons (Fsp3) is 0.462. The smallest absolute Gasteiger partial charge is 0.319 e. The molecule has 0 aliphatic carbocycles. The van der Waals surface area contributed by atoms with Crippen LogP contribution in [0, 0.1) is 0 Å². The molecule has 0 heterocycles. The van der Waals surface area contributed by atoms with Crippen molar-refractivity contribution >= 4 is 23.8 Å². The molecule has 2 amide bonds. The van der Waals surface area contributed by atoms with Crippen LogP contribution in [0.15, 0.2) is 29.2 Å². The molecule has 4 nitrogen and oxygen atoms in total. The zero-order chi connectivity index (χ0) is 13.8. The Morgan fingerprint density at radius 1 is 1.28 bits per heavy atom. The van der Waals surface area contributed by atoms with Crippen molar-refractivity contribution in [1.29, 1.82) is 0 Å². The fourth-order valence-electron chi connectivity index (χ4n) is 1.10. The van der Waals surface area contributed by atoms with E-state index in [2.05, 4.69) is 10.6 Å². The molecule has 2 N–H and O–H groups in total. The number of urea groups is 1. The van der Waals surface area contributed by atoms with E-state index in [1.165, 1.54) is 12.0 Å². The summed E-state index contributed by atoms with van der Waals surface area (Å²) in [5, 5.41) is 5.49. The van der Waals surface area contributed by atoms with Crippen LogP contribution in [-0.2, 0) is 4.18 Å². The van der Waals surface area contributed by atoms with Gasteiger partial charge in [-0.2, -0.15) is 0 Å². The average Bonchev–Trinajstić information content (AvgIpc) is 2.41. The number of hydrogen-bond acceptors (Lipinski definition) is 3. The van der Waals surface area contributed by atoms with Crippen molar-refractivity contribution in [3.63, 3.8) is 0 Å². The van der Waals surface area contributed by atoms with Gasteiger partial charge in [-0.25, -0.2) is 4.79 Å². The molecule has 0 radical (unpaired) electrons. The molecule has 5 heteroatoms. The number of benzene rings is 1. The second-order valence-electron chi connectivity index (χ2n) is 3.16. The minimum absolute atomic E-state index is 0.172. The maximum Gasteiger partial charge on any atom is 0.319 e. The summed E-state index contributed by atoms with van der Waals surface area (Å²) in [6.45, 7) is 6.69. The molecule has 102 valence electrons. The lowest BCUT2D eigenvalue weighted by Gasteiger charge is -2.06. The first-order valence-corrected chi connectivity index (χ1v) is 6.86. The SMILES string of the molecule is CC.CCCNC(=O)Nc1ccc(SOC)cc1. The normalized spacial score (nSPS) is 9.11. The van der Waals surface area contributed by atoms with E-state index in [4.69, 9.17) is 4.18 Å². The second-order valence-corrected chi connectivity index (χ2v) is 4.13. The van der Waals surface area contributed by atoms with E-state index in [0.717, 1.165) is 17.0 Å². The predicted molar refractivity (Wildman–Crippen MR) is 78.0 cm³/mol. The molecule has 18 heavy (non-hydrogen) atoms. The second kappa shape index (κ2) is 10.9. The quantitative estimate of drug-likeness (QED) is 0.798. The molecule has 0 fully saturated rings. The summed E-state index contributed by atoms with van der Waals surface area (Å²) in [6, 6.07) is 7.29. The van der Waals surface area contributed by atoms with Gasteiger partial charge in [-0.05, 0) is 30.7 Å². The standard InChI is InChI=1S/C11H16N2O2S.C2H6/c1-3-8-12-11(14)13-9-4-6-10(7-5-9)16-15-2;1-2/h4-7H,3,8H2,1-2H3,(H2,12,13,14);1-2H3. The zero-order valence-electron chi connectivity index (χ0n) is 11.4. The molecule has 0 bridgehead atoms. The van der Waals surface area contributed by atoms with E-state index in [1.54, 1.807) is 7.11 Å². The largest absolute Gasteiger partial charge is 0.338 e. The lowest BCUT2D eigenvalue weighted by atomic mass is 10.3. The highest BCUT2D eigenvalue weighted by molar-refractivity contribution is 7.94. The average molecular weight is 270 g/mol. The van der Waals surface area contributed by atoms with Crippen molar-refractivity contribution in [2.75, 3.05) is 19.0 Å². The molecule has 1 rings (SSSR count). The Bertz CT molecular complexity index is 328. The van der Waals surface area contributed by atoms with E-state index in [0.29, 0.717) is 6.54 Å². The Hall–Kier alpha value is -1.20. The van der Waals surface area contributed by atoms with Crippen molar-refractivity contribution in [1.82, 2.24) is 5.32 Å². The van der Waals surface area contributed by atoms with Crippen molar-refractivity contribution in [3.05, 3.63) is 24.3 Å². The van der Waals surface area contributed by atoms with Gasteiger partial charge in [0.25, 0.3) is 0 Å². The third-order valence-corrected chi connectivity index (χ3v) is 2.46. The third-order valence-electron chi connectivity index (χ3n) is 1.83. The van der Waals surface area contributed by atoms with Crippen LogP contribution in [0.2, 0.25) is 0 Å². The van der Waals surface area contributed by atoms with E-state index in [9.17, 15) is 4.79 Å². The van der Waals surface area contributed by atoms with Gasteiger partial charge in [0, 0.05) is 29.2 Å². The Morgan fingerprint density at radius 2 is 1.89 bits per heavy atom. The van der Waals surface area contributed by atoms with Crippen LogP contribution in [0.1, 0.15) is 27.2 Å². The van der Waals surface area contributed by atoms with E-state index in [-0.39, 0.29) is 6.03 Å². The maximum absolute atomic E-state index is 11.3. The number of hydrogen-bond donors (Lipinski definition) is 2. The van der Waals surface area contributed by atoms with Gasteiger partial charge in [0.1, 0.15) is 0 Å². The molecular weight excluding hydrogens is 248 g/mol. The monoisotopic (exact) mass is 270 g/mol. The van der Waals surface area contributed by atoms with E-state index in [1.807, 2.05) is 45.0 Å². The van der Waals surface area contributed by atoms with E-state index < -0.39 is 0 Å². The highest BCUT2D eigenvalue weighted by Gasteiger charge is 2.00. The summed E-state index contributed by atoms with van der Waals surface area (Å²) in [5.74, 6) is 0. The Kier molecular flexibility index (Phi) is 10.2. The number of nitrogens with one attached hydrogen (secondary N) is 2. The van der Waals surface area contributed by atoms with Crippen LogP contribution in [0.5, 0.6) is 0 Å². The molecule has 0 aliphatic heterocycles. The van der Waals surface area contributed by atoms with E-state index >= 15 is 0 Å². The first-order valence-electron chi connectivity index (χ1n) is 6.12. The lowest BCUT2D eigenvalue weighted by molar-refractivity contribution is 0.252. The van der Waals surface area contributed by atoms with Gasteiger partial charge >= 0.3 is 6.03 Å². The summed E-state index contributed by atoms with van der Waals surface area (Å²) in [4.78, 5) is 12.3. The summed E-state index contributed by atoms with van der Waals surface area (Å²) in [7, 11) is 1.62. The number of carbonyl (C=O) groups is 1. The van der Waals surface area contributed by atoms with Crippen LogP contribution in [0.25, 0.3) is 0 Å². The zero-order valence-corrected chi connectivity index (χ0v) is 12.3. The third kappa shape index (κ3) is 7.19. The van der Waals surface area contributed by atoms with Gasteiger partial charge in [0.05, 0.1) is 7.11 Å². The number of rotatable bonds is 5. The lowest BCUT2D eigenvalue weighted by Crippen LogP contribution is -2.29. The van der Waals surface area contributed by atoms with Gasteiger partial charge in [-0.1, -0.05) is 20.8 Å². The number of carbonyl (C=O) groups excluding carboxylic acids is 1. The molecule has 1 aromatic rings. The number of anilines is 1. The van der Waals surface area contributed by atoms with Crippen molar-refractivity contribution < 1.29 is 8.98 Å². The summed E-state index contributed by atoms with van der Waals surface area (Å²) >= 11 is 1.29. The molecule has 0 saturated heterocycles. The number of amides is 2. The van der Waals surface area contributed by atoms with Gasteiger partial charge in [-0.3, -0.25) is 0 Å². The van der Waals surface area contributed by atoms with Crippen LogP contribution >= 0.6 is 12.0 Å². The van der Waals surface area contributed by atoms with Gasteiger partial charge in [0.15, 0.2) is 0 Å². The fourth-order valence-corrected chi connectivity index (χ4v) is 1.54. The van der Waals surface area contributed by atoms with Gasteiger partial charge < -0.3 is 14.8 Å². The molecule has 1 aromatic carbocycles. The van der Waals surface area contributed by atoms with Crippen LogP contribution in [0.3, 0.4) is 0 Å². The molecule has 0 spiro atoms. The minimum atomic E-state index is -0.172. The van der Waals surface area contributed by atoms with Gasteiger partial charge in [-0.15, -0.1) is 0 Å². The van der Waals surface area contributed by atoms with Gasteiger partial charge in [0.2, 0.25) is 0 Å². The first-order chi connectivity index (χ1) is 8.76. The molecule has 0 aliphatic rings. The maximum atomic E-state index is 11.3.